The third-order valence-corrected chi connectivity index (χ3v) is 7.44. The number of hydrogen-bond donors (Lipinski definition) is 2. The first-order valence-corrected chi connectivity index (χ1v) is 10.4. The molecule has 6 rings (SSSR count). The highest BCUT2D eigenvalue weighted by Gasteiger charge is 2.78. The van der Waals surface area contributed by atoms with Crippen LogP contribution in [0.2, 0.25) is 0 Å². The van der Waals surface area contributed by atoms with E-state index in [4.69, 9.17) is 4.74 Å². The fraction of sp³-hybridized carbons (Fsp3) is 0.348. The molecule has 2 aromatic rings. The van der Waals surface area contributed by atoms with Crippen LogP contribution in [0.25, 0.3) is 0 Å². The number of hydrogen-bond acceptors (Lipinski definition) is 4. The number of imide groups is 1. The fourth-order valence-corrected chi connectivity index (χ4v) is 6.42. The van der Waals surface area contributed by atoms with Crippen LogP contribution in [-0.4, -0.2) is 37.4 Å². The third-order valence-electron chi connectivity index (χ3n) is 7.44. The van der Waals surface area contributed by atoms with Crippen molar-refractivity contribution in [3.8, 4) is 5.75 Å². The second kappa shape index (κ2) is 5.92. The maximum atomic E-state index is 13.8. The monoisotopic (exact) mass is 404 g/mol. The van der Waals surface area contributed by atoms with E-state index in [1.165, 1.54) is 4.90 Å². The Morgan fingerprint density at radius 1 is 1.10 bits per heavy atom. The summed E-state index contributed by atoms with van der Waals surface area (Å²) in [5.41, 5.74) is 1.06. The molecule has 0 aromatic heterocycles. The van der Waals surface area contributed by atoms with Crippen LogP contribution in [0, 0.1) is 11.8 Å². The number of rotatable bonds is 2. The van der Waals surface area contributed by atoms with E-state index in [1.54, 1.807) is 31.4 Å². The zero-order valence-electron chi connectivity index (χ0n) is 16.6. The van der Waals surface area contributed by atoms with Gasteiger partial charge in [-0.3, -0.25) is 14.4 Å². The van der Waals surface area contributed by atoms with Gasteiger partial charge in [0.05, 0.1) is 25.0 Å². The third kappa shape index (κ3) is 1.91. The molecule has 5 atom stereocenters. The molecule has 7 heteroatoms. The van der Waals surface area contributed by atoms with E-state index >= 15 is 0 Å². The Labute approximate surface area is 173 Å². The van der Waals surface area contributed by atoms with Gasteiger partial charge in [0.2, 0.25) is 17.4 Å². The molecule has 0 bridgehead atoms. The van der Waals surface area contributed by atoms with Crippen molar-refractivity contribution >= 4 is 29.1 Å². The number of nitrogens with zero attached hydrogens (tertiary/aromatic N) is 1. The number of anilines is 2. The SMILES string of the molecule is COc1cccc(N2C(=O)[C@H]3[C@@H](C2=O)[C@]2(C(=O)Nc4ccccc42)[NH+]2CCC[C@@H]32)c1. The van der Waals surface area contributed by atoms with Gasteiger partial charge >= 0.3 is 0 Å². The van der Waals surface area contributed by atoms with Crippen LogP contribution < -0.4 is 19.9 Å². The maximum absolute atomic E-state index is 13.8. The highest BCUT2D eigenvalue weighted by molar-refractivity contribution is 6.25. The first kappa shape index (κ1) is 17.7. The molecule has 3 saturated heterocycles. The Kier molecular flexibility index (Phi) is 3.48. The molecule has 2 aromatic carbocycles. The first-order valence-electron chi connectivity index (χ1n) is 10.4. The van der Waals surface area contributed by atoms with Gasteiger partial charge in [0.25, 0.3) is 5.91 Å². The molecule has 4 heterocycles. The molecule has 1 unspecified atom stereocenters. The van der Waals surface area contributed by atoms with E-state index < -0.39 is 17.4 Å². The number of fused-ring (bicyclic) bond motifs is 7. The summed E-state index contributed by atoms with van der Waals surface area (Å²) in [6.45, 7) is 0.791. The average Bonchev–Trinajstić information content (AvgIpc) is 3.46. The molecule has 0 radical (unpaired) electrons. The Hall–Kier alpha value is -3.19. The van der Waals surface area contributed by atoms with E-state index in [0.717, 1.165) is 35.5 Å². The minimum atomic E-state index is -1.04. The largest absolute Gasteiger partial charge is 0.497 e. The minimum Gasteiger partial charge on any atom is -0.497 e. The first-order chi connectivity index (χ1) is 14.6. The maximum Gasteiger partial charge on any atom is 0.291 e. The van der Waals surface area contributed by atoms with E-state index in [2.05, 4.69) is 5.32 Å². The summed E-state index contributed by atoms with van der Waals surface area (Å²) in [5.74, 6) is -1.24. The van der Waals surface area contributed by atoms with Crippen LogP contribution in [0.4, 0.5) is 11.4 Å². The van der Waals surface area contributed by atoms with Gasteiger partial charge in [0.15, 0.2) is 0 Å². The van der Waals surface area contributed by atoms with Crippen LogP contribution >= 0.6 is 0 Å². The predicted octanol–water partition coefficient (Wildman–Crippen LogP) is 0.709. The molecule has 4 aliphatic rings. The number of nitrogens with one attached hydrogen (secondary N) is 2. The van der Waals surface area contributed by atoms with Crippen molar-refractivity contribution in [2.75, 3.05) is 23.9 Å². The van der Waals surface area contributed by atoms with Crippen LogP contribution in [0.5, 0.6) is 5.75 Å². The Bertz CT molecular complexity index is 1120. The Morgan fingerprint density at radius 2 is 1.93 bits per heavy atom. The summed E-state index contributed by atoms with van der Waals surface area (Å²) in [6, 6.07) is 14.6. The molecule has 1 spiro atoms. The Balaban J connectivity index is 1.54. The van der Waals surface area contributed by atoms with Gasteiger partial charge in [0.1, 0.15) is 23.6 Å². The molecule has 3 amide bonds. The smallest absolute Gasteiger partial charge is 0.291 e. The predicted molar refractivity (Wildman–Crippen MR) is 108 cm³/mol. The number of benzene rings is 2. The van der Waals surface area contributed by atoms with Crippen molar-refractivity contribution in [3.05, 3.63) is 54.1 Å². The summed E-state index contributed by atoms with van der Waals surface area (Å²) < 4.78 is 5.29. The quantitative estimate of drug-likeness (QED) is 0.723. The van der Waals surface area contributed by atoms with Gasteiger partial charge < -0.3 is 15.0 Å². The molecule has 2 N–H and O–H groups in total. The summed E-state index contributed by atoms with van der Waals surface area (Å²) in [6.07, 6.45) is 1.79. The van der Waals surface area contributed by atoms with Gasteiger partial charge in [-0.25, -0.2) is 4.90 Å². The molecule has 30 heavy (non-hydrogen) atoms. The van der Waals surface area contributed by atoms with Crippen LogP contribution in [0.15, 0.2) is 48.5 Å². The average molecular weight is 404 g/mol. The van der Waals surface area contributed by atoms with Crippen LogP contribution in [0.3, 0.4) is 0 Å². The number of carbonyl (C=O) groups excluding carboxylic acids is 3. The summed E-state index contributed by atoms with van der Waals surface area (Å²) in [4.78, 5) is 43.3. The number of ether oxygens (including phenoxy) is 1. The Morgan fingerprint density at radius 3 is 2.77 bits per heavy atom. The van der Waals surface area contributed by atoms with Gasteiger partial charge in [-0.15, -0.1) is 0 Å². The van der Waals surface area contributed by atoms with Crippen molar-refractivity contribution in [3.63, 3.8) is 0 Å². The van der Waals surface area contributed by atoms with Crippen molar-refractivity contribution in [2.24, 2.45) is 11.8 Å². The second-order valence-corrected chi connectivity index (χ2v) is 8.55. The van der Waals surface area contributed by atoms with E-state index in [9.17, 15) is 14.4 Å². The zero-order valence-corrected chi connectivity index (χ0v) is 16.6. The lowest BCUT2D eigenvalue weighted by Gasteiger charge is -2.33. The van der Waals surface area contributed by atoms with Crippen molar-refractivity contribution in [1.82, 2.24) is 0 Å². The van der Waals surface area contributed by atoms with Gasteiger partial charge in [-0.05, 0) is 18.2 Å². The number of methoxy groups -OCH3 is 1. The fourth-order valence-electron chi connectivity index (χ4n) is 6.42. The normalized spacial score (nSPS) is 33.6. The van der Waals surface area contributed by atoms with E-state index in [-0.39, 0.29) is 23.8 Å². The number of carbonyl (C=O) groups is 3. The molecule has 0 saturated carbocycles. The van der Waals surface area contributed by atoms with Gasteiger partial charge in [-0.1, -0.05) is 24.3 Å². The number of amides is 3. The molecule has 152 valence electrons. The van der Waals surface area contributed by atoms with Crippen molar-refractivity contribution in [1.29, 1.82) is 0 Å². The molecular formula is C23H22N3O4+. The van der Waals surface area contributed by atoms with Crippen LogP contribution in [-0.2, 0) is 19.9 Å². The van der Waals surface area contributed by atoms with E-state index in [1.807, 2.05) is 24.3 Å². The lowest BCUT2D eigenvalue weighted by Crippen LogP contribution is -3.19. The number of quaternary nitrogens is 1. The van der Waals surface area contributed by atoms with Gasteiger partial charge in [-0.2, -0.15) is 0 Å². The summed E-state index contributed by atoms with van der Waals surface area (Å²) in [7, 11) is 1.55. The molecule has 3 fully saturated rings. The van der Waals surface area contributed by atoms with Crippen molar-refractivity contribution < 1.29 is 24.0 Å². The number of para-hydroxylation sites is 1. The topological polar surface area (TPSA) is 80.1 Å². The standard InChI is InChI=1S/C23H21N3O4/c1-30-14-7-4-6-13(12-14)26-20(27)18-17-10-5-11-25(17)23(19(18)21(26)28)15-8-2-3-9-16(15)24-22(23)29/h2-4,6-9,12,17-19H,5,10-11H2,1H3,(H,24,29)/p+1/t17-,18+,19-,23+/m0/s1. The highest BCUT2D eigenvalue weighted by atomic mass is 16.5. The summed E-state index contributed by atoms with van der Waals surface area (Å²) >= 11 is 0. The summed E-state index contributed by atoms with van der Waals surface area (Å²) in [5, 5.41) is 3.00. The second-order valence-electron chi connectivity index (χ2n) is 8.55. The van der Waals surface area contributed by atoms with E-state index in [0.29, 0.717) is 11.4 Å². The molecular weight excluding hydrogens is 382 g/mol. The zero-order chi connectivity index (χ0) is 20.6. The molecule has 7 nitrogen and oxygen atoms in total. The molecule has 0 aliphatic carbocycles. The van der Waals surface area contributed by atoms with Crippen molar-refractivity contribution in [2.45, 2.75) is 24.4 Å². The molecule has 4 aliphatic heterocycles. The lowest BCUT2D eigenvalue weighted by atomic mass is 9.75. The highest BCUT2D eigenvalue weighted by Crippen LogP contribution is 2.52. The lowest BCUT2D eigenvalue weighted by molar-refractivity contribution is -0.948. The van der Waals surface area contributed by atoms with Gasteiger partial charge in [0, 0.05) is 24.5 Å². The van der Waals surface area contributed by atoms with Crippen LogP contribution in [0.1, 0.15) is 18.4 Å². The minimum absolute atomic E-state index is 0.0287.